The average Bonchev–Trinajstić information content (AvgIpc) is 3.06. The van der Waals surface area contributed by atoms with Gasteiger partial charge < -0.3 is 15.1 Å². The van der Waals surface area contributed by atoms with Crippen LogP contribution in [0.25, 0.3) is 0 Å². The molecular weight excluding hydrogens is 417 g/mol. The van der Waals surface area contributed by atoms with Crippen LogP contribution in [0.15, 0.2) is 48.5 Å². The predicted octanol–water partition coefficient (Wildman–Crippen LogP) is 3.11. The molecular formula is C26H36FN5O. The van der Waals surface area contributed by atoms with Crippen molar-refractivity contribution in [1.82, 2.24) is 14.7 Å². The number of amides is 1. The third-order valence-electron chi connectivity index (χ3n) is 6.70. The molecule has 0 unspecified atom stereocenters. The number of piperazine rings is 1. The second-order valence-corrected chi connectivity index (χ2v) is 9.05. The SMILES string of the molecule is CCN1CCN(c2ccc(NC(=O)CN3CCCN(Cc4ccc(F)cc4)CC3)cc2)CC1. The lowest BCUT2D eigenvalue weighted by Gasteiger charge is -2.35. The molecule has 2 fully saturated rings. The van der Waals surface area contributed by atoms with Gasteiger partial charge >= 0.3 is 0 Å². The Balaban J connectivity index is 1.21. The lowest BCUT2D eigenvalue weighted by Crippen LogP contribution is -2.46. The number of carbonyl (C=O) groups is 1. The first-order valence-corrected chi connectivity index (χ1v) is 12.2. The Bertz CT molecular complexity index is 881. The van der Waals surface area contributed by atoms with Crippen molar-refractivity contribution in [2.75, 3.05) is 75.7 Å². The Morgan fingerprint density at radius 2 is 1.45 bits per heavy atom. The zero-order valence-electron chi connectivity index (χ0n) is 19.7. The van der Waals surface area contributed by atoms with Gasteiger partial charge in [-0.15, -0.1) is 0 Å². The fourth-order valence-electron chi connectivity index (χ4n) is 4.67. The number of likely N-dealkylation sites (N-methyl/N-ethyl adjacent to an activating group) is 1. The van der Waals surface area contributed by atoms with Gasteiger partial charge in [-0.25, -0.2) is 4.39 Å². The van der Waals surface area contributed by atoms with Crippen LogP contribution >= 0.6 is 0 Å². The van der Waals surface area contributed by atoms with Gasteiger partial charge in [-0.3, -0.25) is 14.6 Å². The molecule has 2 aliphatic heterocycles. The minimum atomic E-state index is -0.198. The number of carbonyl (C=O) groups excluding carboxylic acids is 1. The van der Waals surface area contributed by atoms with E-state index >= 15 is 0 Å². The summed E-state index contributed by atoms with van der Waals surface area (Å²) < 4.78 is 13.1. The highest BCUT2D eigenvalue weighted by atomic mass is 19.1. The van der Waals surface area contributed by atoms with Crippen molar-refractivity contribution in [2.45, 2.75) is 19.9 Å². The van der Waals surface area contributed by atoms with Crippen LogP contribution in [0.1, 0.15) is 18.9 Å². The van der Waals surface area contributed by atoms with Crippen molar-refractivity contribution in [3.8, 4) is 0 Å². The topological polar surface area (TPSA) is 42.1 Å². The Morgan fingerprint density at radius 3 is 2.15 bits per heavy atom. The van der Waals surface area contributed by atoms with Crippen molar-refractivity contribution in [1.29, 1.82) is 0 Å². The summed E-state index contributed by atoms with van der Waals surface area (Å²) in [5, 5.41) is 3.06. The van der Waals surface area contributed by atoms with Gasteiger partial charge in [0.25, 0.3) is 0 Å². The molecule has 2 aliphatic rings. The Hall–Kier alpha value is -2.48. The molecule has 7 heteroatoms. The van der Waals surface area contributed by atoms with Gasteiger partial charge in [0.15, 0.2) is 0 Å². The number of anilines is 2. The normalized spacial score (nSPS) is 18.8. The van der Waals surface area contributed by atoms with Crippen molar-refractivity contribution in [3.63, 3.8) is 0 Å². The van der Waals surface area contributed by atoms with E-state index in [4.69, 9.17) is 0 Å². The molecule has 178 valence electrons. The Labute approximate surface area is 197 Å². The number of halogens is 1. The second kappa shape index (κ2) is 11.6. The molecule has 2 aromatic rings. The van der Waals surface area contributed by atoms with Crippen LogP contribution in [0.5, 0.6) is 0 Å². The third-order valence-corrected chi connectivity index (χ3v) is 6.70. The zero-order valence-corrected chi connectivity index (χ0v) is 19.7. The highest BCUT2D eigenvalue weighted by Crippen LogP contribution is 2.19. The fourth-order valence-corrected chi connectivity index (χ4v) is 4.67. The standard InChI is InChI=1S/C26H36FN5O/c1-2-29-16-18-32(19-17-29)25-10-8-24(9-11-25)28-26(33)21-31-13-3-12-30(14-15-31)20-22-4-6-23(27)7-5-22/h4-11H,2-3,12-21H2,1H3,(H,28,33). The van der Waals surface area contributed by atoms with Gasteiger partial charge in [-0.1, -0.05) is 19.1 Å². The minimum Gasteiger partial charge on any atom is -0.369 e. The first-order chi connectivity index (χ1) is 16.1. The smallest absolute Gasteiger partial charge is 0.238 e. The molecule has 2 saturated heterocycles. The van der Waals surface area contributed by atoms with E-state index in [0.29, 0.717) is 6.54 Å². The molecule has 6 nitrogen and oxygen atoms in total. The molecule has 0 bridgehead atoms. The Kier molecular flexibility index (Phi) is 8.31. The first-order valence-electron chi connectivity index (χ1n) is 12.2. The van der Waals surface area contributed by atoms with Crippen LogP contribution in [0.4, 0.5) is 15.8 Å². The van der Waals surface area contributed by atoms with E-state index in [1.54, 1.807) is 0 Å². The van der Waals surface area contributed by atoms with Crippen molar-refractivity contribution < 1.29 is 9.18 Å². The molecule has 33 heavy (non-hydrogen) atoms. The van der Waals surface area contributed by atoms with Gasteiger partial charge in [0.05, 0.1) is 6.54 Å². The average molecular weight is 454 g/mol. The van der Waals surface area contributed by atoms with Crippen LogP contribution in [-0.4, -0.2) is 86.1 Å². The molecule has 0 spiro atoms. The summed E-state index contributed by atoms with van der Waals surface area (Å²) in [5.74, 6) is -0.164. The lowest BCUT2D eigenvalue weighted by molar-refractivity contribution is -0.117. The number of rotatable bonds is 7. The van der Waals surface area contributed by atoms with Crippen molar-refractivity contribution in [2.24, 2.45) is 0 Å². The van der Waals surface area contributed by atoms with Gasteiger partial charge in [0.1, 0.15) is 5.82 Å². The van der Waals surface area contributed by atoms with Gasteiger partial charge in [0, 0.05) is 57.2 Å². The fraction of sp³-hybridized carbons (Fsp3) is 0.500. The molecule has 2 aromatic carbocycles. The highest BCUT2D eigenvalue weighted by Gasteiger charge is 2.18. The first kappa shape index (κ1) is 23.7. The van der Waals surface area contributed by atoms with E-state index in [2.05, 4.69) is 44.0 Å². The molecule has 0 aromatic heterocycles. The zero-order chi connectivity index (χ0) is 23.0. The van der Waals surface area contributed by atoms with Gasteiger partial charge in [-0.2, -0.15) is 0 Å². The second-order valence-electron chi connectivity index (χ2n) is 9.05. The van der Waals surface area contributed by atoms with Crippen LogP contribution in [0.3, 0.4) is 0 Å². The number of hydrogen-bond donors (Lipinski definition) is 1. The predicted molar refractivity (Wildman–Crippen MR) is 132 cm³/mol. The third kappa shape index (κ3) is 7.00. The van der Waals surface area contributed by atoms with E-state index in [-0.39, 0.29) is 11.7 Å². The molecule has 1 N–H and O–H groups in total. The lowest BCUT2D eigenvalue weighted by atomic mass is 10.2. The molecule has 0 radical (unpaired) electrons. The van der Waals surface area contributed by atoms with E-state index < -0.39 is 0 Å². The van der Waals surface area contributed by atoms with Crippen molar-refractivity contribution in [3.05, 3.63) is 59.9 Å². The maximum atomic E-state index is 13.1. The summed E-state index contributed by atoms with van der Waals surface area (Å²) in [6, 6.07) is 15.0. The summed E-state index contributed by atoms with van der Waals surface area (Å²) in [5.41, 5.74) is 3.19. The maximum absolute atomic E-state index is 13.1. The molecule has 0 atom stereocenters. The Morgan fingerprint density at radius 1 is 0.818 bits per heavy atom. The van der Waals surface area contributed by atoms with E-state index in [1.165, 1.54) is 17.8 Å². The minimum absolute atomic E-state index is 0.0336. The number of benzene rings is 2. The van der Waals surface area contributed by atoms with Crippen LogP contribution < -0.4 is 10.2 Å². The molecule has 4 rings (SSSR count). The molecule has 0 aliphatic carbocycles. The van der Waals surface area contributed by atoms with E-state index in [1.807, 2.05) is 24.3 Å². The number of nitrogens with one attached hydrogen (secondary N) is 1. The van der Waals surface area contributed by atoms with Crippen molar-refractivity contribution >= 4 is 17.3 Å². The summed E-state index contributed by atoms with van der Waals surface area (Å²) in [6.45, 7) is 12.5. The summed E-state index contributed by atoms with van der Waals surface area (Å²) in [4.78, 5) is 22.1. The summed E-state index contributed by atoms with van der Waals surface area (Å²) >= 11 is 0. The molecule has 1 amide bonds. The monoisotopic (exact) mass is 453 g/mol. The number of nitrogens with zero attached hydrogens (tertiary/aromatic N) is 4. The van der Waals surface area contributed by atoms with Gasteiger partial charge in [0.2, 0.25) is 5.91 Å². The van der Waals surface area contributed by atoms with Crippen LogP contribution in [0.2, 0.25) is 0 Å². The van der Waals surface area contributed by atoms with Crippen LogP contribution in [-0.2, 0) is 11.3 Å². The van der Waals surface area contributed by atoms with E-state index in [0.717, 1.165) is 83.1 Å². The summed E-state index contributed by atoms with van der Waals surface area (Å²) in [7, 11) is 0. The van der Waals surface area contributed by atoms with Gasteiger partial charge in [-0.05, 0) is 68.0 Å². The largest absolute Gasteiger partial charge is 0.369 e. The quantitative estimate of drug-likeness (QED) is 0.698. The summed E-state index contributed by atoms with van der Waals surface area (Å²) in [6.07, 6.45) is 1.02. The number of hydrogen-bond acceptors (Lipinski definition) is 5. The maximum Gasteiger partial charge on any atom is 0.238 e. The molecule has 2 heterocycles. The molecule has 0 saturated carbocycles. The van der Waals surface area contributed by atoms with E-state index in [9.17, 15) is 9.18 Å². The highest BCUT2D eigenvalue weighted by molar-refractivity contribution is 5.92. The van der Waals surface area contributed by atoms with Crippen LogP contribution in [0, 0.1) is 5.82 Å².